The van der Waals surface area contributed by atoms with Crippen LogP contribution in [0.5, 0.6) is 0 Å². The highest BCUT2D eigenvalue weighted by Gasteiger charge is 2.11. The van der Waals surface area contributed by atoms with E-state index in [0.29, 0.717) is 21.3 Å². The second-order valence-electron chi connectivity index (χ2n) is 5.13. The van der Waals surface area contributed by atoms with E-state index in [1.165, 1.54) is 14.0 Å². The van der Waals surface area contributed by atoms with E-state index in [9.17, 15) is 14.4 Å². The lowest BCUT2D eigenvalue weighted by Gasteiger charge is -2.09. The van der Waals surface area contributed by atoms with Gasteiger partial charge in [0.2, 0.25) is 5.91 Å². The molecule has 25 heavy (non-hydrogen) atoms. The van der Waals surface area contributed by atoms with E-state index in [1.54, 1.807) is 42.5 Å². The smallest absolute Gasteiger partial charge is 0.338 e. The van der Waals surface area contributed by atoms with Gasteiger partial charge in [-0.15, -0.1) is 0 Å². The lowest BCUT2D eigenvalue weighted by Crippen LogP contribution is -2.08. The first-order valence-electron chi connectivity index (χ1n) is 7.32. The van der Waals surface area contributed by atoms with E-state index in [1.807, 2.05) is 0 Å². The molecule has 0 saturated carbocycles. The zero-order valence-corrected chi connectivity index (χ0v) is 15.3. The van der Waals surface area contributed by atoms with Crippen molar-refractivity contribution in [3.63, 3.8) is 0 Å². The van der Waals surface area contributed by atoms with Gasteiger partial charge in [0.15, 0.2) is 0 Å². The molecule has 7 heteroatoms. The van der Waals surface area contributed by atoms with Crippen LogP contribution in [0, 0.1) is 0 Å². The van der Waals surface area contributed by atoms with E-state index in [4.69, 9.17) is 4.74 Å². The number of nitrogens with one attached hydrogen (secondary N) is 1. The van der Waals surface area contributed by atoms with Gasteiger partial charge in [0, 0.05) is 22.6 Å². The molecule has 2 rings (SSSR count). The molecule has 0 spiro atoms. The second kappa shape index (κ2) is 8.43. The van der Waals surface area contributed by atoms with Gasteiger partial charge in [-0.1, -0.05) is 22.0 Å². The number of hydrogen-bond donors (Lipinski definition) is 1. The van der Waals surface area contributed by atoms with Crippen molar-refractivity contribution < 1.29 is 23.9 Å². The summed E-state index contributed by atoms with van der Waals surface area (Å²) >= 11 is 3.34. The van der Waals surface area contributed by atoms with Crippen molar-refractivity contribution in [3.8, 4) is 0 Å². The van der Waals surface area contributed by atoms with Crippen LogP contribution in [0.15, 0.2) is 46.9 Å². The van der Waals surface area contributed by atoms with Crippen molar-refractivity contribution in [2.75, 3.05) is 12.4 Å². The Balaban J connectivity index is 2.00. The predicted molar refractivity (Wildman–Crippen MR) is 95.3 cm³/mol. The molecular weight excluding hydrogens is 390 g/mol. The van der Waals surface area contributed by atoms with Crippen LogP contribution in [0.1, 0.15) is 33.2 Å². The van der Waals surface area contributed by atoms with Gasteiger partial charge < -0.3 is 14.8 Å². The number of benzene rings is 2. The molecule has 0 unspecified atom stereocenters. The van der Waals surface area contributed by atoms with Crippen LogP contribution in [0.3, 0.4) is 0 Å². The van der Waals surface area contributed by atoms with Crippen molar-refractivity contribution in [1.29, 1.82) is 0 Å². The van der Waals surface area contributed by atoms with Gasteiger partial charge in [-0.25, -0.2) is 9.59 Å². The maximum absolute atomic E-state index is 12.1. The fourth-order valence-electron chi connectivity index (χ4n) is 2.03. The van der Waals surface area contributed by atoms with Crippen molar-refractivity contribution in [2.45, 2.75) is 13.5 Å². The molecule has 0 aliphatic heterocycles. The fourth-order valence-corrected chi connectivity index (χ4v) is 2.52. The first kappa shape index (κ1) is 18.7. The van der Waals surface area contributed by atoms with E-state index < -0.39 is 11.9 Å². The zero-order valence-electron chi connectivity index (χ0n) is 13.7. The number of esters is 2. The molecule has 0 saturated heterocycles. The van der Waals surface area contributed by atoms with Crippen LogP contribution in [-0.2, 0) is 20.9 Å². The topological polar surface area (TPSA) is 81.7 Å². The lowest BCUT2D eigenvalue weighted by atomic mass is 10.1. The van der Waals surface area contributed by atoms with Crippen LogP contribution < -0.4 is 5.32 Å². The summed E-state index contributed by atoms with van der Waals surface area (Å²) in [5.74, 6) is -1.11. The Labute approximate surface area is 153 Å². The molecule has 0 bridgehead atoms. The molecule has 2 aromatic rings. The number of methoxy groups -OCH3 is 1. The number of hydrogen-bond acceptors (Lipinski definition) is 5. The Morgan fingerprint density at radius 2 is 1.64 bits per heavy atom. The number of ether oxygens (including phenoxy) is 2. The number of carbonyl (C=O) groups is 3. The molecule has 0 fully saturated rings. The monoisotopic (exact) mass is 405 g/mol. The third kappa shape index (κ3) is 5.15. The molecule has 0 atom stereocenters. The van der Waals surface area contributed by atoms with Gasteiger partial charge in [0.05, 0.1) is 18.2 Å². The minimum atomic E-state index is -0.488. The number of rotatable bonds is 5. The van der Waals surface area contributed by atoms with Crippen molar-refractivity contribution in [2.24, 2.45) is 0 Å². The second-order valence-corrected chi connectivity index (χ2v) is 5.99. The van der Waals surface area contributed by atoms with Gasteiger partial charge in [0.1, 0.15) is 6.61 Å². The molecule has 0 radical (unpaired) electrons. The molecule has 130 valence electrons. The number of carbonyl (C=O) groups excluding carboxylic acids is 3. The lowest BCUT2D eigenvalue weighted by molar-refractivity contribution is -0.114. The van der Waals surface area contributed by atoms with Crippen molar-refractivity contribution in [1.82, 2.24) is 0 Å². The van der Waals surface area contributed by atoms with Crippen LogP contribution in [0.2, 0.25) is 0 Å². The van der Waals surface area contributed by atoms with Gasteiger partial charge >= 0.3 is 11.9 Å². The summed E-state index contributed by atoms with van der Waals surface area (Å²) in [6, 6.07) is 11.3. The minimum Gasteiger partial charge on any atom is -0.465 e. The number of halogens is 1. The SMILES string of the molecule is COC(=O)c1ccc(COC(=O)c2ccc(NC(C)=O)cc2)c(Br)c1. The van der Waals surface area contributed by atoms with Crippen LogP contribution in [-0.4, -0.2) is 25.0 Å². The highest BCUT2D eigenvalue weighted by atomic mass is 79.9. The molecule has 1 N–H and O–H groups in total. The van der Waals surface area contributed by atoms with Crippen LogP contribution in [0.4, 0.5) is 5.69 Å². The third-order valence-corrected chi connectivity index (χ3v) is 4.01. The fraction of sp³-hybridized carbons (Fsp3) is 0.167. The molecular formula is C18H16BrNO5. The van der Waals surface area contributed by atoms with E-state index in [2.05, 4.69) is 26.0 Å². The normalized spacial score (nSPS) is 10.0. The van der Waals surface area contributed by atoms with Crippen LogP contribution >= 0.6 is 15.9 Å². The molecule has 0 aliphatic carbocycles. The predicted octanol–water partition coefficient (Wildman–Crippen LogP) is 3.55. The van der Waals surface area contributed by atoms with Gasteiger partial charge in [0.25, 0.3) is 0 Å². The molecule has 1 amide bonds. The summed E-state index contributed by atoms with van der Waals surface area (Å²) in [7, 11) is 1.31. The quantitative estimate of drug-likeness (QED) is 0.769. The first-order valence-corrected chi connectivity index (χ1v) is 8.11. The largest absolute Gasteiger partial charge is 0.465 e. The van der Waals surface area contributed by atoms with Gasteiger partial charge in [-0.2, -0.15) is 0 Å². The summed E-state index contributed by atoms with van der Waals surface area (Å²) in [5, 5.41) is 2.62. The van der Waals surface area contributed by atoms with Crippen molar-refractivity contribution >= 4 is 39.5 Å². The standard InChI is InChI=1S/C18H16BrNO5/c1-11(21)20-15-7-5-12(6-8-15)18(23)25-10-14-4-3-13(9-16(14)19)17(22)24-2/h3-9H,10H2,1-2H3,(H,20,21). The molecule has 0 heterocycles. The molecule has 2 aromatic carbocycles. The summed E-state index contributed by atoms with van der Waals surface area (Å²) in [6.45, 7) is 1.46. The molecule has 0 aliphatic rings. The highest BCUT2D eigenvalue weighted by Crippen LogP contribution is 2.21. The third-order valence-electron chi connectivity index (χ3n) is 3.27. The summed E-state index contributed by atoms with van der Waals surface area (Å²) in [5.41, 5.74) is 2.09. The summed E-state index contributed by atoms with van der Waals surface area (Å²) in [6.07, 6.45) is 0. The van der Waals surface area contributed by atoms with Crippen LogP contribution in [0.25, 0.3) is 0 Å². The maximum Gasteiger partial charge on any atom is 0.338 e. The highest BCUT2D eigenvalue weighted by molar-refractivity contribution is 9.10. The minimum absolute atomic E-state index is 0.0499. The Morgan fingerprint density at radius 3 is 2.20 bits per heavy atom. The summed E-state index contributed by atoms with van der Waals surface area (Å²) < 4.78 is 10.6. The van der Waals surface area contributed by atoms with E-state index in [0.717, 1.165) is 5.56 Å². The Hall–Kier alpha value is -2.67. The maximum atomic E-state index is 12.1. The first-order chi connectivity index (χ1) is 11.9. The number of amides is 1. The zero-order chi connectivity index (χ0) is 18.4. The Morgan fingerprint density at radius 1 is 1.00 bits per heavy atom. The average Bonchev–Trinajstić information content (AvgIpc) is 2.59. The van der Waals surface area contributed by atoms with Gasteiger partial charge in [-0.3, -0.25) is 4.79 Å². The van der Waals surface area contributed by atoms with E-state index in [-0.39, 0.29) is 12.5 Å². The van der Waals surface area contributed by atoms with E-state index >= 15 is 0 Å². The number of anilines is 1. The summed E-state index contributed by atoms with van der Waals surface area (Å²) in [4.78, 5) is 34.5. The Kier molecular flexibility index (Phi) is 6.30. The Bertz CT molecular complexity index is 802. The van der Waals surface area contributed by atoms with Crippen molar-refractivity contribution in [3.05, 3.63) is 63.6 Å². The molecule has 6 nitrogen and oxygen atoms in total. The molecule has 0 aromatic heterocycles. The van der Waals surface area contributed by atoms with Gasteiger partial charge in [-0.05, 0) is 36.4 Å². The average molecular weight is 406 g/mol.